The Balaban J connectivity index is 1.64. The summed E-state index contributed by atoms with van der Waals surface area (Å²) in [6.45, 7) is -0.281. The normalized spacial score (nSPS) is 30.5. The van der Waals surface area contributed by atoms with E-state index in [0.717, 1.165) is 11.8 Å². The predicted molar refractivity (Wildman–Crippen MR) is 105 cm³/mol. The van der Waals surface area contributed by atoms with E-state index in [0.29, 0.717) is 4.90 Å². The van der Waals surface area contributed by atoms with Crippen molar-refractivity contribution in [3.8, 4) is 5.75 Å². The number of para-hydroxylation sites is 1. The molecule has 1 unspecified atom stereocenters. The number of phenolic OH excluding ortho intramolecular Hbond substituents is 1. The topological polar surface area (TPSA) is 195 Å². The summed E-state index contributed by atoms with van der Waals surface area (Å²) in [6, 6.07) is 6.48. The first kappa shape index (κ1) is 20.5. The van der Waals surface area contributed by atoms with Gasteiger partial charge in [-0.3, -0.25) is 23.4 Å². The van der Waals surface area contributed by atoms with Crippen molar-refractivity contribution in [2.45, 2.75) is 34.6 Å². The van der Waals surface area contributed by atoms with Gasteiger partial charge in [0.2, 0.25) is 5.95 Å². The van der Waals surface area contributed by atoms with Gasteiger partial charge in [-0.25, -0.2) is 9.55 Å². The predicted octanol–water partition coefficient (Wildman–Crippen LogP) is 0.333. The van der Waals surface area contributed by atoms with Gasteiger partial charge in [0.05, 0.1) is 11.5 Å². The SMILES string of the molecule is Nc1nc2c(nc(Sc3ccccc3O)n2[C@@H]2O[C@@H]3COP(=O)(O)O[C@H]3[C@H]2O)c(=O)[nH]1. The van der Waals surface area contributed by atoms with Crippen LogP contribution in [0.15, 0.2) is 39.1 Å². The van der Waals surface area contributed by atoms with E-state index >= 15 is 0 Å². The minimum atomic E-state index is -4.33. The number of rotatable bonds is 3. The maximum Gasteiger partial charge on any atom is 0.472 e. The van der Waals surface area contributed by atoms with Crippen LogP contribution in [0.2, 0.25) is 0 Å². The van der Waals surface area contributed by atoms with E-state index in [-0.39, 0.29) is 34.6 Å². The Bertz CT molecular complexity index is 1280. The van der Waals surface area contributed by atoms with Crippen LogP contribution in [0.25, 0.3) is 11.2 Å². The molecule has 2 aliphatic rings. The minimum absolute atomic E-state index is 0.0213. The molecular weight excluding hydrogens is 453 g/mol. The van der Waals surface area contributed by atoms with E-state index in [9.17, 15) is 24.5 Å². The van der Waals surface area contributed by atoms with E-state index in [4.69, 9.17) is 19.5 Å². The summed E-state index contributed by atoms with van der Waals surface area (Å²) in [7, 11) is -4.33. The molecule has 1 aromatic carbocycles. The van der Waals surface area contributed by atoms with E-state index in [1.54, 1.807) is 18.2 Å². The number of aromatic nitrogens is 4. The van der Waals surface area contributed by atoms with Gasteiger partial charge in [0.15, 0.2) is 22.5 Å². The fourth-order valence-electron chi connectivity index (χ4n) is 3.47. The van der Waals surface area contributed by atoms with Crippen LogP contribution in [0.3, 0.4) is 0 Å². The molecule has 31 heavy (non-hydrogen) atoms. The van der Waals surface area contributed by atoms with Gasteiger partial charge in [0, 0.05) is 0 Å². The van der Waals surface area contributed by atoms with E-state index in [1.807, 2.05) is 0 Å². The number of hydrogen-bond acceptors (Lipinski definition) is 11. The monoisotopic (exact) mass is 469 g/mol. The number of aromatic amines is 1. The molecular formula is C16H16N5O8PS. The number of nitrogens with two attached hydrogens (primary N) is 1. The fraction of sp³-hybridized carbons (Fsp3) is 0.312. The van der Waals surface area contributed by atoms with Gasteiger partial charge in [-0.2, -0.15) is 4.98 Å². The summed E-state index contributed by atoms with van der Waals surface area (Å²) in [5.74, 6) is -0.200. The molecule has 2 saturated heterocycles. The average Bonchev–Trinajstić information content (AvgIpc) is 3.20. The van der Waals surface area contributed by atoms with Crippen LogP contribution in [0.4, 0.5) is 5.95 Å². The molecule has 6 N–H and O–H groups in total. The van der Waals surface area contributed by atoms with Crippen LogP contribution >= 0.6 is 19.6 Å². The van der Waals surface area contributed by atoms with Crippen LogP contribution < -0.4 is 11.3 Å². The fourth-order valence-corrected chi connectivity index (χ4v) is 5.38. The lowest BCUT2D eigenvalue weighted by Crippen LogP contribution is -2.39. The lowest BCUT2D eigenvalue weighted by molar-refractivity contribution is -0.0684. The number of aliphatic hydroxyl groups is 1. The second kappa shape index (κ2) is 7.31. The molecule has 0 amide bonds. The zero-order valence-corrected chi connectivity index (χ0v) is 17.2. The van der Waals surface area contributed by atoms with Crippen LogP contribution in [0.1, 0.15) is 6.23 Å². The highest BCUT2D eigenvalue weighted by atomic mass is 32.2. The molecule has 2 aliphatic heterocycles. The molecule has 5 atom stereocenters. The van der Waals surface area contributed by atoms with Gasteiger partial charge in [-0.15, -0.1) is 0 Å². The highest BCUT2D eigenvalue weighted by Crippen LogP contribution is 2.53. The Morgan fingerprint density at radius 1 is 1.32 bits per heavy atom. The number of benzene rings is 1. The Kier molecular flexibility index (Phi) is 4.82. The van der Waals surface area contributed by atoms with Crippen molar-refractivity contribution >= 4 is 36.7 Å². The number of aromatic hydroxyl groups is 1. The molecule has 164 valence electrons. The van der Waals surface area contributed by atoms with E-state index in [2.05, 4.69) is 15.0 Å². The first-order chi connectivity index (χ1) is 14.7. The van der Waals surface area contributed by atoms with Crippen molar-refractivity contribution in [3.63, 3.8) is 0 Å². The molecule has 13 nitrogen and oxygen atoms in total. The lowest BCUT2D eigenvalue weighted by Gasteiger charge is -2.27. The van der Waals surface area contributed by atoms with Crippen LogP contribution in [0.5, 0.6) is 5.75 Å². The first-order valence-electron chi connectivity index (χ1n) is 8.96. The van der Waals surface area contributed by atoms with Crippen molar-refractivity contribution in [1.29, 1.82) is 0 Å². The Morgan fingerprint density at radius 3 is 2.87 bits per heavy atom. The number of nitrogens with one attached hydrogen (secondary N) is 1. The highest BCUT2D eigenvalue weighted by Gasteiger charge is 2.53. The number of phosphoric acid groups is 1. The summed E-state index contributed by atoms with van der Waals surface area (Å²) >= 11 is 1.00. The maximum absolute atomic E-state index is 12.4. The number of anilines is 1. The second-order valence-corrected chi connectivity index (χ2v) is 9.26. The Morgan fingerprint density at radius 2 is 2.10 bits per heavy atom. The lowest BCUT2D eigenvalue weighted by atomic mass is 10.1. The van der Waals surface area contributed by atoms with Crippen molar-refractivity contribution in [2.24, 2.45) is 0 Å². The van der Waals surface area contributed by atoms with Gasteiger partial charge >= 0.3 is 7.82 Å². The summed E-state index contributed by atoms with van der Waals surface area (Å²) < 4.78 is 28.7. The molecule has 0 spiro atoms. The zero-order chi connectivity index (χ0) is 21.9. The number of phosphoric ester groups is 1. The smallest absolute Gasteiger partial charge is 0.472 e. The number of H-pyrrole nitrogens is 1. The Labute approximate surface area is 177 Å². The van der Waals surface area contributed by atoms with Crippen LogP contribution in [-0.2, 0) is 18.3 Å². The largest absolute Gasteiger partial charge is 0.507 e. The molecule has 4 heterocycles. The van der Waals surface area contributed by atoms with Gasteiger partial charge in [0.1, 0.15) is 24.1 Å². The number of imidazole rings is 1. The van der Waals surface area contributed by atoms with Crippen molar-refractivity contribution in [3.05, 3.63) is 34.6 Å². The summed E-state index contributed by atoms with van der Waals surface area (Å²) in [5.41, 5.74) is 5.04. The maximum atomic E-state index is 12.4. The van der Waals surface area contributed by atoms with Crippen molar-refractivity contribution < 1.29 is 33.5 Å². The molecule has 5 rings (SSSR count). The third-order valence-electron chi connectivity index (χ3n) is 4.82. The summed E-state index contributed by atoms with van der Waals surface area (Å²) in [5, 5.41) is 21.1. The van der Waals surface area contributed by atoms with Crippen molar-refractivity contribution in [2.75, 3.05) is 12.3 Å². The average molecular weight is 469 g/mol. The van der Waals surface area contributed by atoms with Gasteiger partial charge in [0.25, 0.3) is 5.56 Å². The number of phenols is 1. The van der Waals surface area contributed by atoms with Gasteiger partial charge in [-0.05, 0) is 23.9 Å². The number of nitrogens with zero attached hydrogens (tertiary/aromatic N) is 3. The highest BCUT2D eigenvalue weighted by molar-refractivity contribution is 7.99. The second-order valence-electron chi connectivity index (χ2n) is 6.85. The number of aliphatic hydroxyl groups excluding tert-OH is 1. The quantitative estimate of drug-likeness (QED) is 0.330. The number of fused-ring (bicyclic) bond motifs is 2. The third-order valence-corrected chi connectivity index (χ3v) is 6.84. The summed E-state index contributed by atoms with van der Waals surface area (Å²) in [4.78, 5) is 33.2. The molecule has 3 aromatic rings. The van der Waals surface area contributed by atoms with Gasteiger partial charge < -0.3 is 25.6 Å². The molecule has 0 bridgehead atoms. The van der Waals surface area contributed by atoms with Crippen LogP contribution in [0, 0.1) is 0 Å². The number of ether oxygens (including phenoxy) is 1. The molecule has 0 radical (unpaired) electrons. The molecule has 2 fully saturated rings. The number of hydrogen-bond donors (Lipinski definition) is 5. The van der Waals surface area contributed by atoms with Crippen LogP contribution in [-0.4, -0.2) is 59.5 Å². The minimum Gasteiger partial charge on any atom is -0.507 e. The standard InChI is InChI=1S/C16H16N5O8PS/c17-15-19-12-9(13(24)20-15)18-16(31-8-4-2-1-3-6(8)22)21(12)14-10(23)11-7(28-14)5-27-30(25,26)29-11/h1-4,7,10-11,14,22-23H,5H2,(H,25,26)(H3,17,19,20,24)/t7-,10-,11-,14-/m1/s1. The zero-order valence-electron chi connectivity index (χ0n) is 15.5. The third kappa shape index (κ3) is 3.51. The van der Waals surface area contributed by atoms with E-state index in [1.165, 1.54) is 10.6 Å². The van der Waals surface area contributed by atoms with E-state index < -0.39 is 37.9 Å². The molecule has 0 saturated carbocycles. The molecule has 0 aliphatic carbocycles. The Hall–Kier alpha value is -2.45. The molecule has 2 aromatic heterocycles. The first-order valence-corrected chi connectivity index (χ1v) is 11.3. The van der Waals surface area contributed by atoms with Gasteiger partial charge in [-0.1, -0.05) is 12.1 Å². The number of nitrogen functional groups attached to an aromatic ring is 1. The summed E-state index contributed by atoms with van der Waals surface area (Å²) in [6.07, 6.45) is -4.62. The van der Waals surface area contributed by atoms with Crippen molar-refractivity contribution in [1.82, 2.24) is 19.5 Å². The molecule has 15 heteroatoms.